The minimum absolute atomic E-state index is 0.227. The molecule has 0 aliphatic carbocycles. The van der Waals surface area contributed by atoms with Crippen molar-refractivity contribution in [2.75, 3.05) is 0 Å². The third-order valence-electron chi connectivity index (χ3n) is 1.67. The standard InChI is InChI=1S/C7H4O8/c8-4-5(9)13-2(12-4)1-3-14-6(10)7(11)15-3/h2-3H,1H2. The van der Waals surface area contributed by atoms with E-state index in [0.29, 0.717) is 0 Å². The number of carbonyl (C=O) groups is 4. The maximum Gasteiger partial charge on any atom is 0.420 e. The Balaban J connectivity index is 1.89. The smallest absolute Gasteiger partial charge is 0.416 e. The van der Waals surface area contributed by atoms with E-state index in [2.05, 4.69) is 18.9 Å². The van der Waals surface area contributed by atoms with Crippen molar-refractivity contribution < 1.29 is 38.1 Å². The van der Waals surface area contributed by atoms with Crippen molar-refractivity contribution in [3.8, 4) is 0 Å². The van der Waals surface area contributed by atoms with Crippen molar-refractivity contribution in [3.05, 3.63) is 0 Å². The lowest BCUT2D eigenvalue weighted by atomic mass is 10.4. The molecule has 2 aliphatic heterocycles. The molecule has 0 aromatic rings. The minimum Gasteiger partial charge on any atom is -0.416 e. The van der Waals surface area contributed by atoms with Crippen LogP contribution in [0.4, 0.5) is 0 Å². The van der Waals surface area contributed by atoms with Gasteiger partial charge in [-0.3, -0.25) is 0 Å². The van der Waals surface area contributed by atoms with Gasteiger partial charge < -0.3 is 18.9 Å². The Morgan fingerprint density at radius 1 is 0.667 bits per heavy atom. The Labute approximate surface area is 82.0 Å². The highest BCUT2D eigenvalue weighted by Gasteiger charge is 2.41. The molecule has 0 atom stereocenters. The molecule has 80 valence electrons. The van der Waals surface area contributed by atoms with Crippen LogP contribution in [0, 0.1) is 0 Å². The van der Waals surface area contributed by atoms with Crippen LogP contribution >= 0.6 is 0 Å². The van der Waals surface area contributed by atoms with E-state index >= 15 is 0 Å². The Bertz CT molecular complexity index is 292. The van der Waals surface area contributed by atoms with Gasteiger partial charge in [0, 0.05) is 0 Å². The van der Waals surface area contributed by atoms with Crippen molar-refractivity contribution in [1.82, 2.24) is 0 Å². The molecule has 0 aromatic carbocycles. The lowest BCUT2D eigenvalue weighted by molar-refractivity contribution is -0.161. The molecule has 2 heterocycles. The molecule has 2 saturated heterocycles. The molecule has 2 aliphatic rings. The average Bonchev–Trinajstić information content (AvgIpc) is 2.59. The van der Waals surface area contributed by atoms with E-state index < -0.39 is 36.5 Å². The number of hydrogen-bond acceptors (Lipinski definition) is 8. The first-order valence-corrected chi connectivity index (χ1v) is 3.89. The Hall–Kier alpha value is -2.12. The molecule has 0 saturated carbocycles. The number of hydrogen-bond donors (Lipinski definition) is 0. The van der Waals surface area contributed by atoms with Gasteiger partial charge in [-0.05, 0) is 0 Å². The lowest BCUT2D eigenvalue weighted by Crippen LogP contribution is -2.20. The van der Waals surface area contributed by atoms with Crippen LogP contribution in [-0.2, 0) is 38.1 Å². The first-order chi connectivity index (χ1) is 7.06. The molecule has 8 heteroatoms. The van der Waals surface area contributed by atoms with Gasteiger partial charge in [-0.2, -0.15) is 0 Å². The molecular formula is C7H4O8. The second kappa shape index (κ2) is 3.23. The van der Waals surface area contributed by atoms with Gasteiger partial charge >= 0.3 is 23.9 Å². The van der Waals surface area contributed by atoms with Crippen LogP contribution < -0.4 is 0 Å². The maximum atomic E-state index is 10.6. The molecule has 0 amide bonds. The van der Waals surface area contributed by atoms with Crippen LogP contribution in [0.25, 0.3) is 0 Å². The zero-order chi connectivity index (χ0) is 11.0. The summed E-state index contributed by atoms with van der Waals surface area (Å²) >= 11 is 0. The first-order valence-electron chi connectivity index (χ1n) is 3.89. The summed E-state index contributed by atoms with van der Waals surface area (Å²) in [6.07, 6.45) is -2.60. The molecular weight excluding hydrogens is 212 g/mol. The molecule has 0 radical (unpaired) electrons. The van der Waals surface area contributed by atoms with Gasteiger partial charge in [0.25, 0.3) is 12.6 Å². The van der Waals surface area contributed by atoms with E-state index in [1.54, 1.807) is 0 Å². The fraction of sp³-hybridized carbons (Fsp3) is 0.429. The van der Waals surface area contributed by atoms with E-state index in [0.717, 1.165) is 0 Å². The van der Waals surface area contributed by atoms with Crippen LogP contribution in [0.15, 0.2) is 0 Å². The zero-order valence-corrected chi connectivity index (χ0v) is 7.13. The van der Waals surface area contributed by atoms with Crippen LogP contribution in [-0.4, -0.2) is 36.5 Å². The zero-order valence-electron chi connectivity index (χ0n) is 7.13. The molecule has 0 unspecified atom stereocenters. The van der Waals surface area contributed by atoms with Gasteiger partial charge in [0.05, 0.1) is 6.42 Å². The second-order valence-corrected chi connectivity index (χ2v) is 2.72. The number of cyclic esters (lactones) is 4. The van der Waals surface area contributed by atoms with Crippen molar-refractivity contribution in [2.24, 2.45) is 0 Å². The molecule has 0 aromatic heterocycles. The number of ether oxygens (including phenoxy) is 4. The van der Waals surface area contributed by atoms with Gasteiger partial charge in [-0.25, -0.2) is 19.2 Å². The molecule has 8 nitrogen and oxygen atoms in total. The first kappa shape index (κ1) is 9.44. The summed E-state index contributed by atoms with van der Waals surface area (Å²) in [6.45, 7) is 0. The van der Waals surface area contributed by atoms with Crippen LogP contribution in [0.2, 0.25) is 0 Å². The maximum absolute atomic E-state index is 10.6. The molecule has 2 fully saturated rings. The minimum atomic E-state index is -1.19. The van der Waals surface area contributed by atoms with Crippen molar-refractivity contribution >= 4 is 23.9 Å². The normalized spacial score (nSPS) is 22.4. The number of carbonyl (C=O) groups excluding carboxylic acids is 4. The third kappa shape index (κ3) is 1.73. The van der Waals surface area contributed by atoms with E-state index in [1.807, 2.05) is 0 Å². The Morgan fingerprint density at radius 3 is 1.20 bits per heavy atom. The largest absolute Gasteiger partial charge is 0.420 e. The molecule has 0 bridgehead atoms. The summed E-state index contributed by atoms with van der Waals surface area (Å²) in [5, 5.41) is 0. The third-order valence-corrected chi connectivity index (χ3v) is 1.67. The van der Waals surface area contributed by atoms with E-state index in [9.17, 15) is 19.2 Å². The molecule has 0 spiro atoms. The fourth-order valence-corrected chi connectivity index (χ4v) is 1.07. The quantitative estimate of drug-likeness (QED) is 0.394. The molecule has 15 heavy (non-hydrogen) atoms. The summed E-state index contributed by atoms with van der Waals surface area (Å²) in [5.41, 5.74) is 0. The summed E-state index contributed by atoms with van der Waals surface area (Å²) in [6, 6.07) is 0. The van der Waals surface area contributed by atoms with Gasteiger partial charge in [0.2, 0.25) is 0 Å². The van der Waals surface area contributed by atoms with Crippen molar-refractivity contribution in [1.29, 1.82) is 0 Å². The van der Waals surface area contributed by atoms with Gasteiger partial charge in [-0.15, -0.1) is 0 Å². The SMILES string of the molecule is O=C1OC(CC2OC(=O)C(=O)O2)OC1=O. The topological polar surface area (TPSA) is 105 Å². The lowest BCUT2D eigenvalue weighted by Gasteiger charge is -2.10. The average molecular weight is 216 g/mol. The van der Waals surface area contributed by atoms with E-state index in [1.165, 1.54) is 0 Å². The fourth-order valence-electron chi connectivity index (χ4n) is 1.07. The van der Waals surface area contributed by atoms with E-state index in [4.69, 9.17) is 0 Å². The van der Waals surface area contributed by atoms with Crippen LogP contribution in [0.3, 0.4) is 0 Å². The van der Waals surface area contributed by atoms with Crippen molar-refractivity contribution in [2.45, 2.75) is 19.0 Å². The highest BCUT2D eigenvalue weighted by molar-refractivity contribution is 6.31. The summed E-state index contributed by atoms with van der Waals surface area (Å²) in [5.74, 6) is -4.52. The van der Waals surface area contributed by atoms with Gasteiger partial charge in [0.15, 0.2) is 0 Å². The van der Waals surface area contributed by atoms with Crippen molar-refractivity contribution in [3.63, 3.8) is 0 Å². The Morgan fingerprint density at radius 2 is 0.933 bits per heavy atom. The molecule has 2 rings (SSSR count). The monoisotopic (exact) mass is 216 g/mol. The van der Waals surface area contributed by atoms with Crippen LogP contribution in [0.1, 0.15) is 6.42 Å². The van der Waals surface area contributed by atoms with E-state index in [-0.39, 0.29) is 6.42 Å². The number of rotatable bonds is 2. The van der Waals surface area contributed by atoms with Gasteiger partial charge in [0.1, 0.15) is 0 Å². The Kier molecular flexibility index (Phi) is 2.03. The summed E-state index contributed by atoms with van der Waals surface area (Å²) < 4.78 is 17.7. The predicted octanol–water partition coefficient (Wildman–Crippen LogP) is -1.77. The highest BCUT2D eigenvalue weighted by Crippen LogP contribution is 2.18. The predicted molar refractivity (Wildman–Crippen MR) is 36.6 cm³/mol. The van der Waals surface area contributed by atoms with Crippen LogP contribution in [0.5, 0.6) is 0 Å². The second-order valence-electron chi connectivity index (χ2n) is 2.72. The summed E-state index contributed by atoms with van der Waals surface area (Å²) in [4.78, 5) is 42.3. The summed E-state index contributed by atoms with van der Waals surface area (Å²) in [7, 11) is 0. The molecule has 0 N–H and O–H groups in total. The van der Waals surface area contributed by atoms with Gasteiger partial charge in [-0.1, -0.05) is 0 Å². The highest BCUT2D eigenvalue weighted by atomic mass is 16.8. The number of esters is 4.